The lowest BCUT2D eigenvalue weighted by Crippen LogP contribution is -2.61. The lowest BCUT2D eigenvalue weighted by Gasteiger charge is -2.47. The summed E-state index contributed by atoms with van der Waals surface area (Å²) in [5.41, 5.74) is 0.659. The van der Waals surface area contributed by atoms with E-state index in [1.807, 2.05) is 65.6 Å². The standard InChI is InChI=1S/C22H28N2O3/c1-22(2)17-23(13-14-24(22)15-16-25)21(26)20(18-9-5-3-6-10-18)27-19-11-7-4-8-12-19/h3-12,20,25H,13-17H2,1-2H3. The van der Waals surface area contributed by atoms with E-state index in [-0.39, 0.29) is 18.1 Å². The molecular weight excluding hydrogens is 340 g/mol. The van der Waals surface area contributed by atoms with Gasteiger partial charge in [-0.2, -0.15) is 0 Å². The van der Waals surface area contributed by atoms with Crippen LogP contribution in [0.1, 0.15) is 25.5 Å². The van der Waals surface area contributed by atoms with Gasteiger partial charge in [-0.1, -0.05) is 48.5 Å². The molecule has 5 heteroatoms. The molecule has 27 heavy (non-hydrogen) atoms. The van der Waals surface area contributed by atoms with Gasteiger partial charge in [-0.3, -0.25) is 9.69 Å². The maximum absolute atomic E-state index is 13.4. The van der Waals surface area contributed by atoms with Gasteiger partial charge in [0.15, 0.2) is 0 Å². The molecule has 1 N–H and O–H groups in total. The maximum Gasteiger partial charge on any atom is 0.268 e. The molecule has 1 unspecified atom stereocenters. The van der Waals surface area contributed by atoms with E-state index in [4.69, 9.17) is 4.74 Å². The van der Waals surface area contributed by atoms with Crippen molar-refractivity contribution in [3.05, 3.63) is 66.2 Å². The second kappa shape index (κ2) is 8.55. The van der Waals surface area contributed by atoms with Crippen LogP contribution in [-0.2, 0) is 4.79 Å². The Kier molecular flexibility index (Phi) is 6.14. The van der Waals surface area contributed by atoms with Crippen molar-refractivity contribution in [2.45, 2.75) is 25.5 Å². The summed E-state index contributed by atoms with van der Waals surface area (Å²) >= 11 is 0. The van der Waals surface area contributed by atoms with Crippen molar-refractivity contribution in [3.8, 4) is 5.75 Å². The summed E-state index contributed by atoms with van der Waals surface area (Å²) in [4.78, 5) is 17.5. The Morgan fingerprint density at radius 1 is 1.07 bits per heavy atom. The summed E-state index contributed by atoms with van der Waals surface area (Å²) < 4.78 is 6.11. The number of para-hydroxylation sites is 1. The zero-order chi connectivity index (χ0) is 19.3. The molecule has 2 aromatic rings. The molecular formula is C22H28N2O3. The summed E-state index contributed by atoms with van der Waals surface area (Å²) in [5.74, 6) is 0.652. The van der Waals surface area contributed by atoms with Gasteiger partial charge < -0.3 is 14.7 Å². The van der Waals surface area contributed by atoms with Gasteiger partial charge in [0.05, 0.1) is 6.61 Å². The van der Waals surface area contributed by atoms with Gasteiger partial charge in [-0.05, 0) is 26.0 Å². The number of carbonyl (C=O) groups excluding carboxylic acids is 1. The first-order valence-electron chi connectivity index (χ1n) is 9.42. The van der Waals surface area contributed by atoms with Gasteiger partial charge in [0.1, 0.15) is 5.75 Å². The van der Waals surface area contributed by atoms with Crippen LogP contribution >= 0.6 is 0 Å². The van der Waals surface area contributed by atoms with Crippen molar-refractivity contribution in [1.82, 2.24) is 9.80 Å². The molecule has 144 valence electrons. The minimum Gasteiger partial charge on any atom is -0.476 e. The zero-order valence-electron chi connectivity index (χ0n) is 16.0. The molecule has 0 bridgehead atoms. The molecule has 1 aliphatic rings. The third kappa shape index (κ3) is 4.67. The molecule has 2 aromatic carbocycles. The molecule has 3 rings (SSSR count). The highest BCUT2D eigenvalue weighted by Crippen LogP contribution is 2.27. The molecule has 0 spiro atoms. The number of rotatable bonds is 6. The minimum absolute atomic E-state index is 0.0261. The van der Waals surface area contributed by atoms with Crippen LogP contribution in [0.5, 0.6) is 5.75 Å². The predicted molar refractivity (Wildman–Crippen MR) is 106 cm³/mol. The van der Waals surface area contributed by atoms with Crippen LogP contribution < -0.4 is 4.74 Å². The van der Waals surface area contributed by atoms with Crippen LogP contribution in [0.3, 0.4) is 0 Å². The molecule has 0 radical (unpaired) electrons. The monoisotopic (exact) mass is 368 g/mol. The number of piperazine rings is 1. The number of hydrogen-bond acceptors (Lipinski definition) is 4. The first-order chi connectivity index (χ1) is 13.0. The Morgan fingerprint density at radius 2 is 1.70 bits per heavy atom. The van der Waals surface area contributed by atoms with Gasteiger partial charge >= 0.3 is 0 Å². The summed E-state index contributed by atoms with van der Waals surface area (Å²) in [5, 5.41) is 9.28. The number of amides is 1. The van der Waals surface area contributed by atoms with Crippen LogP contribution in [0.2, 0.25) is 0 Å². The van der Waals surface area contributed by atoms with Crippen LogP contribution in [0.25, 0.3) is 0 Å². The molecule has 1 atom stereocenters. The molecule has 1 heterocycles. The van der Waals surface area contributed by atoms with Crippen LogP contribution in [0, 0.1) is 0 Å². The zero-order valence-corrected chi connectivity index (χ0v) is 16.0. The maximum atomic E-state index is 13.4. The number of carbonyl (C=O) groups is 1. The first-order valence-corrected chi connectivity index (χ1v) is 9.42. The number of aliphatic hydroxyl groups is 1. The minimum atomic E-state index is -0.672. The molecule has 5 nitrogen and oxygen atoms in total. The number of hydrogen-bond donors (Lipinski definition) is 1. The lowest BCUT2D eigenvalue weighted by molar-refractivity contribution is -0.144. The van der Waals surface area contributed by atoms with Crippen molar-refractivity contribution >= 4 is 5.91 Å². The Hall–Kier alpha value is -2.37. The van der Waals surface area contributed by atoms with Crippen molar-refractivity contribution in [1.29, 1.82) is 0 Å². The first kappa shape index (κ1) is 19.4. The van der Waals surface area contributed by atoms with Crippen molar-refractivity contribution < 1.29 is 14.6 Å². The Balaban J connectivity index is 1.81. The van der Waals surface area contributed by atoms with Crippen LogP contribution in [-0.4, -0.2) is 59.1 Å². The highest BCUT2D eigenvalue weighted by atomic mass is 16.5. The van der Waals surface area contributed by atoms with Gasteiger partial charge in [-0.25, -0.2) is 0 Å². The number of β-amino-alcohol motifs (C(OH)–C–C–N with tert-alkyl or cyclic N) is 1. The summed E-state index contributed by atoms with van der Waals surface area (Å²) in [6, 6.07) is 19.1. The van der Waals surface area contributed by atoms with E-state index >= 15 is 0 Å². The van der Waals surface area contributed by atoms with Gasteiger partial charge in [-0.15, -0.1) is 0 Å². The summed E-state index contributed by atoms with van der Waals surface area (Å²) in [6.45, 7) is 6.94. The van der Waals surface area contributed by atoms with Crippen molar-refractivity contribution in [3.63, 3.8) is 0 Å². The fraction of sp³-hybridized carbons (Fsp3) is 0.409. The van der Waals surface area contributed by atoms with E-state index in [0.717, 1.165) is 12.1 Å². The lowest BCUT2D eigenvalue weighted by atomic mass is 9.97. The topological polar surface area (TPSA) is 53.0 Å². The van der Waals surface area contributed by atoms with Crippen molar-refractivity contribution in [2.24, 2.45) is 0 Å². The Morgan fingerprint density at radius 3 is 2.30 bits per heavy atom. The normalized spacial score (nSPS) is 18.1. The average Bonchev–Trinajstić information content (AvgIpc) is 2.68. The van der Waals surface area contributed by atoms with Gasteiger partial charge in [0, 0.05) is 37.3 Å². The Bertz CT molecular complexity index is 734. The van der Waals surface area contributed by atoms with Crippen LogP contribution in [0.15, 0.2) is 60.7 Å². The van der Waals surface area contributed by atoms with Gasteiger partial charge in [0.2, 0.25) is 6.10 Å². The molecule has 0 saturated carbocycles. The van der Waals surface area contributed by atoms with E-state index in [0.29, 0.717) is 25.4 Å². The van der Waals surface area contributed by atoms with E-state index in [2.05, 4.69) is 18.7 Å². The molecule has 1 aliphatic heterocycles. The summed E-state index contributed by atoms with van der Waals surface area (Å²) in [7, 11) is 0. The van der Waals surface area contributed by atoms with Crippen molar-refractivity contribution in [2.75, 3.05) is 32.8 Å². The molecule has 1 amide bonds. The number of benzene rings is 2. The molecule has 0 aliphatic carbocycles. The fourth-order valence-electron chi connectivity index (χ4n) is 3.60. The quantitative estimate of drug-likeness (QED) is 0.852. The number of aliphatic hydroxyl groups excluding tert-OH is 1. The second-order valence-corrected chi connectivity index (χ2v) is 7.50. The van der Waals surface area contributed by atoms with Gasteiger partial charge in [0.25, 0.3) is 5.91 Å². The van der Waals surface area contributed by atoms with E-state index in [1.54, 1.807) is 0 Å². The highest BCUT2D eigenvalue weighted by molar-refractivity contribution is 5.83. The van der Waals surface area contributed by atoms with E-state index < -0.39 is 6.10 Å². The SMILES string of the molecule is CC1(C)CN(C(=O)C(Oc2ccccc2)c2ccccc2)CCN1CCO. The largest absolute Gasteiger partial charge is 0.476 e. The smallest absolute Gasteiger partial charge is 0.268 e. The predicted octanol–water partition coefficient (Wildman–Crippen LogP) is 2.72. The number of nitrogens with zero attached hydrogens (tertiary/aromatic N) is 2. The third-order valence-corrected chi connectivity index (χ3v) is 5.08. The molecule has 0 aromatic heterocycles. The molecule has 1 fully saturated rings. The Labute approximate surface area is 161 Å². The van der Waals surface area contributed by atoms with Crippen LogP contribution in [0.4, 0.5) is 0 Å². The average molecular weight is 368 g/mol. The molecule has 1 saturated heterocycles. The summed E-state index contributed by atoms with van der Waals surface area (Å²) in [6.07, 6.45) is -0.672. The number of ether oxygens (including phenoxy) is 1. The third-order valence-electron chi connectivity index (χ3n) is 5.08. The fourth-order valence-corrected chi connectivity index (χ4v) is 3.60. The van der Waals surface area contributed by atoms with E-state index in [1.165, 1.54) is 0 Å². The van der Waals surface area contributed by atoms with E-state index in [9.17, 15) is 9.90 Å². The second-order valence-electron chi connectivity index (χ2n) is 7.50. The highest BCUT2D eigenvalue weighted by Gasteiger charge is 2.38.